The molecule has 31 heavy (non-hydrogen) atoms. The highest BCUT2D eigenvalue weighted by molar-refractivity contribution is 5.93. The predicted octanol–water partition coefficient (Wildman–Crippen LogP) is 5.98. The number of nitrogens with one attached hydrogen (secondary N) is 1. The highest BCUT2D eigenvalue weighted by Crippen LogP contribution is 2.34. The van der Waals surface area contributed by atoms with E-state index in [0.717, 1.165) is 47.8 Å². The number of nitrogens with zero attached hydrogens (tertiary/aromatic N) is 1. The number of rotatable bonds is 4. The van der Waals surface area contributed by atoms with Gasteiger partial charge < -0.3 is 10.1 Å². The smallest absolute Gasteiger partial charge is 0.222 e. The van der Waals surface area contributed by atoms with Crippen molar-refractivity contribution in [1.82, 2.24) is 10.3 Å². The summed E-state index contributed by atoms with van der Waals surface area (Å²) in [6.07, 6.45) is 1.87. The van der Waals surface area contributed by atoms with Crippen LogP contribution in [0.4, 0.5) is 8.78 Å². The molecule has 0 spiro atoms. The summed E-state index contributed by atoms with van der Waals surface area (Å²) < 4.78 is 33.9. The molecule has 0 atom stereocenters. The third-order valence-corrected chi connectivity index (χ3v) is 5.64. The molecule has 2 heterocycles. The molecule has 1 fully saturated rings. The summed E-state index contributed by atoms with van der Waals surface area (Å²) in [6, 6.07) is 20.8. The van der Waals surface area contributed by atoms with E-state index in [1.54, 1.807) is 12.1 Å². The Morgan fingerprint density at radius 2 is 1.45 bits per heavy atom. The van der Waals surface area contributed by atoms with Crippen LogP contribution in [0.3, 0.4) is 0 Å². The minimum atomic E-state index is -0.304. The molecule has 1 N–H and O–H groups in total. The second-order valence-electron chi connectivity index (χ2n) is 7.84. The van der Waals surface area contributed by atoms with E-state index in [4.69, 9.17) is 9.72 Å². The summed E-state index contributed by atoms with van der Waals surface area (Å²) in [5.41, 5.74) is 3.05. The highest BCUT2D eigenvalue weighted by atomic mass is 19.1. The molecule has 5 rings (SSSR count). The van der Waals surface area contributed by atoms with Crippen molar-refractivity contribution in [1.29, 1.82) is 0 Å². The number of ether oxygens (including phenoxy) is 1. The van der Waals surface area contributed by atoms with Gasteiger partial charge in [0.1, 0.15) is 17.7 Å². The van der Waals surface area contributed by atoms with Crippen molar-refractivity contribution in [2.75, 3.05) is 13.1 Å². The Labute approximate surface area is 179 Å². The summed E-state index contributed by atoms with van der Waals surface area (Å²) in [7, 11) is 0. The first-order valence-corrected chi connectivity index (χ1v) is 10.5. The molecule has 0 bridgehead atoms. The number of halogens is 2. The quantitative estimate of drug-likeness (QED) is 0.445. The van der Waals surface area contributed by atoms with Crippen molar-refractivity contribution in [2.24, 2.45) is 0 Å². The lowest BCUT2D eigenvalue weighted by atomic mass is 10.0. The summed E-state index contributed by atoms with van der Waals surface area (Å²) in [5.74, 6) is -0.0491. The first-order chi connectivity index (χ1) is 15.2. The van der Waals surface area contributed by atoms with E-state index in [1.807, 2.05) is 36.4 Å². The molecule has 0 unspecified atom stereocenters. The van der Waals surface area contributed by atoms with Gasteiger partial charge in [-0.1, -0.05) is 36.4 Å². The van der Waals surface area contributed by atoms with Crippen LogP contribution in [-0.4, -0.2) is 24.2 Å². The Balaban J connectivity index is 1.63. The van der Waals surface area contributed by atoms with Crippen LogP contribution in [0.1, 0.15) is 12.8 Å². The number of hydrogen-bond donors (Lipinski definition) is 1. The molecule has 1 aliphatic rings. The van der Waals surface area contributed by atoms with Crippen molar-refractivity contribution < 1.29 is 13.5 Å². The molecule has 1 aliphatic heterocycles. The summed E-state index contributed by atoms with van der Waals surface area (Å²) >= 11 is 0. The maximum absolute atomic E-state index is 13.8. The lowest BCUT2D eigenvalue weighted by molar-refractivity contribution is 0.158. The van der Waals surface area contributed by atoms with Crippen LogP contribution in [0.25, 0.3) is 33.2 Å². The van der Waals surface area contributed by atoms with E-state index in [-0.39, 0.29) is 17.7 Å². The molecular weight excluding hydrogens is 394 g/mol. The fourth-order valence-corrected chi connectivity index (χ4v) is 4.02. The van der Waals surface area contributed by atoms with Gasteiger partial charge in [-0.25, -0.2) is 13.8 Å². The van der Waals surface area contributed by atoms with Crippen molar-refractivity contribution in [2.45, 2.75) is 18.9 Å². The second-order valence-corrected chi connectivity index (χ2v) is 7.84. The molecule has 156 valence electrons. The fourth-order valence-electron chi connectivity index (χ4n) is 4.02. The zero-order chi connectivity index (χ0) is 21.2. The van der Waals surface area contributed by atoms with Crippen molar-refractivity contribution in [3.8, 4) is 28.3 Å². The number of hydrogen-bond acceptors (Lipinski definition) is 3. The van der Waals surface area contributed by atoms with Gasteiger partial charge in [-0.05, 0) is 78.8 Å². The van der Waals surface area contributed by atoms with Gasteiger partial charge in [0.15, 0.2) is 0 Å². The topological polar surface area (TPSA) is 34.1 Å². The SMILES string of the molecule is Fc1cccc(-c2ccc3cc(-c4cccc(F)c4)nc(OC4CCNCC4)c3c2)c1. The van der Waals surface area contributed by atoms with Gasteiger partial charge in [0.25, 0.3) is 0 Å². The molecule has 0 saturated carbocycles. The van der Waals surface area contributed by atoms with Gasteiger partial charge in [0, 0.05) is 10.9 Å². The third-order valence-electron chi connectivity index (χ3n) is 5.64. The molecule has 1 saturated heterocycles. The number of pyridine rings is 1. The predicted molar refractivity (Wildman–Crippen MR) is 119 cm³/mol. The standard InChI is InChI=1S/C26H22F2N2O/c27-21-5-1-3-17(13-21)18-7-8-19-16-25(20-4-2-6-22(28)14-20)30-26(24(19)15-18)31-23-9-11-29-12-10-23/h1-8,13-16,23,29H,9-12H2. The zero-order valence-electron chi connectivity index (χ0n) is 16.9. The molecule has 3 aromatic carbocycles. The van der Waals surface area contributed by atoms with Crippen LogP contribution in [-0.2, 0) is 0 Å². The second kappa shape index (κ2) is 8.44. The monoisotopic (exact) mass is 416 g/mol. The Kier molecular flexibility index (Phi) is 5.35. The Morgan fingerprint density at radius 3 is 2.19 bits per heavy atom. The van der Waals surface area contributed by atoms with Gasteiger partial charge in [-0.15, -0.1) is 0 Å². The summed E-state index contributed by atoms with van der Waals surface area (Å²) in [5, 5.41) is 5.14. The average Bonchev–Trinajstić information content (AvgIpc) is 2.79. The first-order valence-electron chi connectivity index (χ1n) is 10.5. The molecule has 3 nitrogen and oxygen atoms in total. The van der Waals surface area contributed by atoms with Gasteiger partial charge in [0.2, 0.25) is 5.88 Å². The van der Waals surface area contributed by atoms with Crippen molar-refractivity contribution in [3.05, 3.63) is 84.4 Å². The van der Waals surface area contributed by atoms with Crippen LogP contribution in [0.2, 0.25) is 0 Å². The van der Waals surface area contributed by atoms with Gasteiger partial charge in [-0.3, -0.25) is 0 Å². The third kappa shape index (κ3) is 4.28. The molecule has 0 radical (unpaired) electrons. The van der Waals surface area contributed by atoms with E-state index in [1.165, 1.54) is 24.3 Å². The Morgan fingerprint density at radius 1 is 0.774 bits per heavy atom. The zero-order valence-corrected chi connectivity index (χ0v) is 16.9. The molecular formula is C26H22F2N2O. The highest BCUT2D eigenvalue weighted by Gasteiger charge is 2.18. The summed E-state index contributed by atoms with van der Waals surface area (Å²) in [6.45, 7) is 1.81. The molecule has 4 aromatic rings. The fraction of sp³-hybridized carbons (Fsp3) is 0.192. The van der Waals surface area contributed by atoms with Crippen LogP contribution in [0, 0.1) is 11.6 Å². The van der Waals surface area contributed by atoms with Crippen LogP contribution < -0.4 is 10.1 Å². The van der Waals surface area contributed by atoms with E-state index in [0.29, 0.717) is 17.1 Å². The molecule has 1 aromatic heterocycles. The average molecular weight is 416 g/mol. The molecule has 0 aliphatic carbocycles. The number of piperidine rings is 1. The van der Waals surface area contributed by atoms with Crippen LogP contribution in [0.15, 0.2) is 72.8 Å². The summed E-state index contributed by atoms with van der Waals surface area (Å²) in [4.78, 5) is 4.78. The van der Waals surface area contributed by atoms with Crippen molar-refractivity contribution in [3.63, 3.8) is 0 Å². The number of benzene rings is 3. The van der Waals surface area contributed by atoms with Gasteiger partial charge >= 0.3 is 0 Å². The molecule has 5 heteroatoms. The van der Waals surface area contributed by atoms with Crippen LogP contribution >= 0.6 is 0 Å². The first kappa shape index (κ1) is 19.6. The number of fused-ring (bicyclic) bond motifs is 1. The Hall–Kier alpha value is -3.31. The number of aromatic nitrogens is 1. The molecule has 0 amide bonds. The lowest BCUT2D eigenvalue weighted by Gasteiger charge is -2.24. The van der Waals surface area contributed by atoms with Gasteiger partial charge in [0.05, 0.1) is 5.69 Å². The lowest BCUT2D eigenvalue weighted by Crippen LogP contribution is -2.34. The maximum atomic E-state index is 13.8. The van der Waals surface area contributed by atoms with E-state index < -0.39 is 0 Å². The van der Waals surface area contributed by atoms with Crippen LogP contribution in [0.5, 0.6) is 5.88 Å². The normalized spacial score (nSPS) is 14.6. The van der Waals surface area contributed by atoms with E-state index >= 15 is 0 Å². The largest absolute Gasteiger partial charge is 0.474 e. The maximum Gasteiger partial charge on any atom is 0.222 e. The minimum absolute atomic E-state index is 0.0672. The van der Waals surface area contributed by atoms with E-state index in [9.17, 15) is 8.78 Å². The van der Waals surface area contributed by atoms with Gasteiger partial charge in [-0.2, -0.15) is 0 Å². The minimum Gasteiger partial charge on any atom is -0.474 e. The Bertz CT molecular complexity index is 1240. The van der Waals surface area contributed by atoms with Crippen molar-refractivity contribution >= 4 is 10.8 Å². The van der Waals surface area contributed by atoms with E-state index in [2.05, 4.69) is 5.32 Å².